The smallest absolute Gasteiger partial charge is 0.232 e. The van der Waals surface area contributed by atoms with Crippen molar-refractivity contribution in [2.24, 2.45) is 0 Å². The summed E-state index contributed by atoms with van der Waals surface area (Å²) in [6.45, 7) is 18.1. The number of unbranched alkanes of at least 4 members (excludes halogenated alkanes) is 24. The maximum absolute atomic E-state index is 5.21. The van der Waals surface area contributed by atoms with Crippen LogP contribution in [0.25, 0.3) is 11.4 Å². The summed E-state index contributed by atoms with van der Waals surface area (Å²) in [5.74, 6) is 1.85. The Labute approximate surface area is 425 Å². The molecule has 1 aromatic heterocycles. The number of hydrogen-bond donors (Lipinski definition) is 2. The number of benzene rings is 3. The quantitative estimate of drug-likeness (QED) is 0.0434. The second-order valence-electron chi connectivity index (χ2n) is 20.8. The molecule has 0 saturated heterocycles. The first-order valence-corrected chi connectivity index (χ1v) is 29.4. The minimum absolute atomic E-state index is 0.590. The van der Waals surface area contributed by atoms with Crippen molar-refractivity contribution < 1.29 is 0 Å². The summed E-state index contributed by atoms with van der Waals surface area (Å²) in [5, 5.41) is 7.62. The molecule has 0 fully saturated rings. The topological polar surface area (TPSA) is 62.7 Å². The Balaban J connectivity index is 1.78. The zero-order valence-electron chi connectivity index (χ0n) is 45.6. The molecule has 0 unspecified atom stereocenters. The molecule has 0 atom stereocenters. The van der Waals surface area contributed by atoms with E-state index in [1.165, 1.54) is 228 Å². The second kappa shape index (κ2) is 36.2. The molecule has 383 valence electrons. The third-order valence-electron chi connectivity index (χ3n) is 14.5. The molecule has 2 N–H and O–H groups in total. The monoisotopic (exact) mass is 941 g/mol. The highest BCUT2D eigenvalue weighted by molar-refractivity contribution is 5.66. The molecule has 1 radical (unpaired) electrons. The summed E-state index contributed by atoms with van der Waals surface area (Å²) in [7, 11) is 0. The molecule has 3 aromatic carbocycles. The number of rotatable bonds is 41. The third kappa shape index (κ3) is 22.9. The maximum atomic E-state index is 5.21. The first-order valence-electron chi connectivity index (χ1n) is 29.4. The molecule has 0 bridgehead atoms. The van der Waals surface area contributed by atoms with Gasteiger partial charge in [-0.2, -0.15) is 15.0 Å². The largest absolute Gasteiger partial charge is 0.324 e. The van der Waals surface area contributed by atoms with Crippen molar-refractivity contribution in [3.05, 3.63) is 94.4 Å². The Morgan fingerprint density at radius 1 is 0.333 bits per heavy atom. The van der Waals surface area contributed by atoms with E-state index in [2.05, 4.69) is 108 Å². The van der Waals surface area contributed by atoms with Crippen LogP contribution in [0, 0.1) is 6.92 Å². The number of hydrogen-bond acceptors (Lipinski definition) is 5. The lowest BCUT2D eigenvalue weighted by molar-refractivity contribution is 0.613. The highest BCUT2D eigenvalue weighted by Crippen LogP contribution is 2.32. The number of aryl methyl sites for hydroxylation is 4. The Morgan fingerprint density at radius 3 is 0.899 bits per heavy atom. The summed E-state index contributed by atoms with van der Waals surface area (Å²) in [6.07, 6.45) is 45.9. The van der Waals surface area contributed by atoms with Crippen LogP contribution in [-0.4, -0.2) is 15.0 Å². The lowest BCUT2D eigenvalue weighted by atomic mass is 9.89. The minimum Gasteiger partial charge on any atom is -0.324 e. The van der Waals surface area contributed by atoms with Crippen molar-refractivity contribution in [1.29, 1.82) is 0 Å². The molecule has 0 spiro atoms. The van der Waals surface area contributed by atoms with E-state index < -0.39 is 0 Å². The lowest BCUT2D eigenvalue weighted by Gasteiger charge is -2.20. The van der Waals surface area contributed by atoms with E-state index in [1.54, 1.807) is 11.1 Å². The van der Waals surface area contributed by atoms with Crippen LogP contribution in [0.2, 0.25) is 0 Å². The fraction of sp³-hybridized carbons (Fsp3) is 0.656. The molecule has 4 aromatic rings. The first-order chi connectivity index (χ1) is 33.9. The Bertz CT molecular complexity index is 1750. The van der Waals surface area contributed by atoms with E-state index in [0.717, 1.165) is 48.2 Å². The molecular formula is C64H102N5. The molecule has 0 saturated carbocycles. The molecule has 0 aliphatic heterocycles. The van der Waals surface area contributed by atoms with Gasteiger partial charge in [-0.3, -0.25) is 0 Å². The normalized spacial score (nSPS) is 11.5. The van der Waals surface area contributed by atoms with Crippen molar-refractivity contribution in [1.82, 2.24) is 15.0 Å². The summed E-state index contributed by atoms with van der Waals surface area (Å²) >= 11 is 0. The van der Waals surface area contributed by atoms with Crippen LogP contribution in [0.3, 0.4) is 0 Å². The van der Waals surface area contributed by atoms with Gasteiger partial charge in [0.05, 0.1) is 0 Å². The Hall–Kier alpha value is -3.73. The van der Waals surface area contributed by atoms with Crippen molar-refractivity contribution in [3.8, 4) is 11.4 Å². The van der Waals surface area contributed by atoms with Crippen molar-refractivity contribution in [3.63, 3.8) is 0 Å². The molecule has 69 heavy (non-hydrogen) atoms. The predicted molar refractivity (Wildman–Crippen MR) is 304 cm³/mol. The van der Waals surface area contributed by atoms with Gasteiger partial charge in [-0.1, -0.05) is 220 Å². The average Bonchev–Trinajstić information content (AvgIpc) is 3.34. The minimum atomic E-state index is 0.590. The van der Waals surface area contributed by atoms with Gasteiger partial charge in [0.25, 0.3) is 0 Å². The number of aromatic nitrogens is 3. The molecule has 5 heteroatoms. The van der Waals surface area contributed by atoms with Gasteiger partial charge in [-0.15, -0.1) is 0 Å². The zero-order valence-corrected chi connectivity index (χ0v) is 45.6. The SMILES string of the molecule is [CH2]c1ccc(-c2nc(Nc3cc(CCCCCCC)c(CCCCCCC)c(CCCCCCC)c3)nc(Nc3cc(CCCCCCC)c(CCCCCCC)c(CCCCCCC)c3)n2)cc1. The van der Waals surface area contributed by atoms with Crippen LogP contribution < -0.4 is 10.6 Å². The first kappa shape index (κ1) is 57.8. The molecule has 1 heterocycles. The van der Waals surface area contributed by atoms with E-state index in [0.29, 0.717) is 17.7 Å². The fourth-order valence-electron chi connectivity index (χ4n) is 10.3. The molecule has 0 amide bonds. The average molecular weight is 942 g/mol. The molecule has 4 rings (SSSR count). The highest BCUT2D eigenvalue weighted by atomic mass is 15.2. The van der Waals surface area contributed by atoms with Crippen molar-refractivity contribution in [2.45, 2.75) is 273 Å². The zero-order chi connectivity index (χ0) is 49.2. The van der Waals surface area contributed by atoms with Crippen LogP contribution in [0.15, 0.2) is 48.5 Å². The second-order valence-corrected chi connectivity index (χ2v) is 20.8. The van der Waals surface area contributed by atoms with Crippen LogP contribution >= 0.6 is 0 Å². The number of anilines is 4. The summed E-state index contributed by atoms with van der Waals surface area (Å²) < 4.78 is 0. The number of nitrogens with zero attached hydrogens (tertiary/aromatic N) is 3. The van der Waals surface area contributed by atoms with Gasteiger partial charge in [0.1, 0.15) is 0 Å². The molecule has 0 aliphatic carbocycles. The molecular weight excluding hydrogens is 839 g/mol. The predicted octanol–water partition coefficient (Wildman–Crippen LogP) is 20.3. The maximum Gasteiger partial charge on any atom is 0.232 e. The van der Waals surface area contributed by atoms with Gasteiger partial charge in [-0.05, 0) is 147 Å². The van der Waals surface area contributed by atoms with Crippen molar-refractivity contribution in [2.75, 3.05) is 10.6 Å². The van der Waals surface area contributed by atoms with Crippen LogP contribution in [0.5, 0.6) is 0 Å². The van der Waals surface area contributed by atoms with E-state index in [-0.39, 0.29) is 0 Å². The van der Waals surface area contributed by atoms with Crippen LogP contribution in [0.4, 0.5) is 23.3 Å². The lowest BCUT2D eigenvalue weighted by Crippen LogP contribution is -2.09. The highest BCUT2D eigenvalue weighted by Gasteiger charge is 2.17. The molecule has 5 nitrogen and oxygen atoms in total. The van der Waals surface area contributed by atoms with Crippen LogP contribution in [-0.2, 0) is 38.5 Å². The number of nitrogens with one attached hydrogen (secondary N) is 2. The van der Waals surface area contributed by atoms with Gasteiger partial charge in [0.15, 0.2) is 5.82 Å². The fourth-order valence-corrected chi connectivity index (χ4v) is 10.3. The van der Waals surface area contributed by atoms with Gasteiger partial charge in [0.2, 0.25) is 11.9 Å². The van der Waals surface area contributed by atoms with Crippen LogP contribution in [0.1, 0.15) is 273 Å². The molecule has 0 aliphatic rings. The van der Waals surface area contributed by atoms with E-state index in [4.69, 9.17) is 15.0 Å². The van der Waals surface area contributed by atoms with Gasteiger partial charge < -0.3 is 10.6 Å². The van der Waals surface area contributed by atoms with E-state index in [9.17, 15) is 0 Å². The summed E-state index contributed by atoms with van der Waals surface area (Å²) in [4.78, 5) is 15.5. The Morgan fingerprint density at radius 2 is 0.609 bits per heavy atom. The van der Waals surface area contributed by atoms with Crippen molar-refractivity contribution >= 4 is 23.3 Å². The van der Waals surface area contributed by atoms with E-state index >= 15 is 0 Å². The van der Waals surface area contributed by atoms with Gasteiger partial charge in [-0.25, -0.2) is 0 Å². The Kier molecular flexibility index (Phi) is 30.4. The summed E-state index contributed by atoms with van der Waals surface area (Å²) in [6, 6.07) is 18.1. The van der Waals surface area contributed by atoms with Gasteiger partial charge >= 0.3 is 0 Å². The standard InChI is InChI=1S/C64H102N5/c1-8-14-20-26-32-38-54-48-58(49-55(39-33-27-21-15-9-2)60(54)42-36-30-24-18-12-5)65-63-67-62(53-46-44-52(7)45-47-53)68-64(69-63)66-59-50-56(40-34-28-22-16-10-3)61(43-37-31-25-19-13-6)57(51-59)41-35-29-23-17-11-4/h44-51H,7-43H2,1-6H3,(H2,65,66,67,68,69). The summed E-state index contributed by atoms with van der Waals surface area (Å²) in [5.41, 5.74) is 13.5. The van der Waals surface area contributed by atoms with Gasteiger partial charge in [0, 0.05) is 16.9 Å². The van der Waals surface area contributed by atoms with E-state index in [1.807, 2.05) is 0 Å². The third-order valence-corrected chi connectivity index (χ3v) is 14.5.